The Bertz CT molecular complexity index is 976. The van der Waals surface area contributed by atoms with Gasteiger partial charge in [0.05, 0.1) is 16.4 Å². The number of hydrogen-bond donors (Lipinski definition) is 1. The van der Waals surface area contributed by atoms with E-state index in [9.17, 15) is 9.59 Å². The number of amides is 2. The van der Waals surface area contributed by atoms with Gasteiger partial charge in [0.15, 0.2) is 5.75 Å². The van der Waals surface area contributed by atoms with Gasteiger partial charge in [-0.2, -0.15) is 0 Å². The van der Waals surface area contributed by atoms with E-state index in [1.54, 1.807) is 42.5 Å². The Morgan fingerprint density at radius 3 is 2.29 bits per heavy atom. The molecule has 28 heavy (non-hydrogen) atoms. The molecular formula is C22H19ClN2O3. The van der Waals surface area contributed by atoms with Crippen molar-refractivity contribution >= 4 is 34.8 Å². The molecule has 0 spiro atoms. The van der Waals surface area contributed by atoms with Crippen molar-refractivity contribution in [3.8, 4) is 11.5 Å². The first-order chi connectivity index (χ1) is 13.5. The molecule has 2 amide bonds. The van der Waals surface area contributed by atoms with Gasteiger partial charge in [0.1, 0.15) is 12.3 Å². The Labute approximate surface area is 168 Å². The summed E-state index contributed by atoms with van der Waals surface area (Å²) in [6, 6.07) is 23.3. The van der Waals surface area contributed by atoms with E-state index >= 15 is 0 Å². The minimum absolute atomic E-state index is 0.171. The van der Waals surface area contributed by atoms with Crippen molar-refractivity contribution in [3.05, 3.63) is 83.9 Å². The maximum absolute atomic E-state index is 12.5. The smallest absolute Gasteiger partial charge is 0.244 e. The number of carbonyl (C=O) groups is 2. The molecule has 3 rings (SSSR count). The summed E-state index contributed by atoms with van der Waals surface area (Å²) >= 11 is 6.08. The molecule has 0 unspecified atom stereocenters. The van der Waals surface area contributed by atoms with Crippen molar-refractivity contribution in [3.63, 3.8) is 0 Å². The molecule has 0 bridgehead atoms. The topological polar surface area (TPSA) is 58.6 Å². The normalized spacial score (nSPS) is 10.2. The average Bonchev–Trinajstić information content (AvgIpc) is 2.69. The third kappa shape index (κ3) is 4.90. The van der Waals surface area contributed by atoms with Crippen LogP contribution in [0.4, 0.5) is 11.4 Å². The summed E-state index contributed by atoms with van der Waals surface area (Å²) in [6.07, 6.45) is 0. The van der Waals surface area contributed by atoms with Crippen LogP contribution in [-0.2, 0) is 9.59 Å². The fourth-order valence-corrected chi connectivity index (χ4v) is 2.83. The molecule has 1 N–H and O–H groups in total. The highest BCUT2D eigenvalue weighted by atomic mass is 35.5. The standard InChI is InChI=1S/C22H19ClN2O3/c1-16(26)25(15-22(27)24-19-12-6-5-11-18(19)23)20-13-7-8-14-21(20)28-17-9-3-2-4-10-17/h2-14H,15H2,1H3,(H,24,27). The number of hydrogen-bond acceptors (Lipinski definition) is 3. The van der Waals surface area contributed by atoms with Crippen LogP contribution in [0.15, 0.2) is 78.9 Å². The molecule has 0 aromatic heterocycles. The summed E-state index contributed by atoms with van der Waals surface area (Å²) in [5.74, 6) is 0.477. The Hall–Kier alpha value is -3.31. The number of halogens is 1. The maximum atomic E-state index is 12.5. The van der Waals surface area contributed by atoms with Gasteiger partial charge in [-0.1, -0.05) is 54.1 Å². The summed E-state index contributed by atoms with van der Waals surface area (Å²) in [5.41, 5.74) is 1.000. The molecule has 0 aliphatic heterocycles. The van der Waals surface area contributed by atoms with Crippen molar-refractivity contribution in [2.24, 2.45) is 0 Å². The predicted molar refractivity (Wildman–Crippen MR) is 111 cm³/mol. The van der Waals surface area contributed by atoms with E-state index in [-0.39, 0.29) is 18.4 Å². The molecule has 5 nitrogen and oxygen atoms in total. The van der Waals surface area contributed by atoms with Crippen molar-refractivity contribution in [2.45, 2.75) is 6.92 Å². The third-order valence-corrected chi connectivity index (χ3v) is 4.29. The van der Waals surface area contributed by atoms with Crippen molar-refractivity contribution in [1.29, 1.82) is 0 Å². The van der Waals surface area contributed by atoms with Crippen LogP contribution in [0.1, 0.15) is 6.92 Å². The van der Waals surface area contributed by atoms with Crippen LogP contribution in [0, 0.1) is 0 Å². The van der Waals surface area contributed by atoms with E-state index in [1.165, 1.54) is 11.8 Å². The minimum atomic E-state index is -0.363. The number of para-hydroxylation sites is 4. The first kappa shape index (κ1) is 19.5. The molecule has 0 aliphatic carbocycles. The van der Waals surface area contributed by atoms with Crippen molar-refractivity contribution < 1.29 is 14.3 Å². The third-order valence-electron chi connectivity index (χ3n) is 3.96. The molecule has 0 saturated carbocycles. The van der Waals surface area contributed by atoms with Crippen LogP contribution >= 0.6 is 11.6 Å². The molecule has 0 aliphatic rings. The SMILES string of the molecule is CC(=O)N(CC(=O)Nc1ccccc1Cl)c1ccccc1Oc1ccccc1. The lowest BCUT2D eigenvalue weighted by Crippen LogP contribution is -2.36. The monoisotopic (exact) mass is 394 g/mol. The molecule has 0 heterocycles. The lowest BCUT2D eigenvalue weighted by Gasteiger charge is -2.23. The Morgan fingerprint density at radius 1 is 0.929 bits per heavy atom. The van der Waals surface area contributed by atoms with Gasteiger partial charge in [0.2, 0.25) is 11.8 Å². The van der Waals surface area contributed by atoms with Crippen molar-refractivity contribution in [2.75, 3.05) is 16.8 Å². The van der Waals surface area contributed by atoms with E-state index in [4.69, 9.17) is 16.3 Å². The number of carbonyl (C=O) groups excluding carboxylic acids is 2. The number of benzene rings is 3. The van der Waals surface area contributed by atoms with Gasteiger partial charge in [-0.25, -0.2) is 0 Å². The van der Waals surface area contributed by atoms with Crippen LogP contribution in [0.2, 0.25) is 5.02 Å². The zero-order valence-electron chi connectivity index (χ0n) is 15.3. The van der Waals surface area contributed by atoms with Crippen LogP contribution < -0.4 is 15.0 Å². The molecule has 0 fully saturated rings. The summed E-state index contributed by atoms with van der Waals surface area (Å²) < 4.78 is 5.91. The highest BCUT2D eigenvalue weighted by Crippen LogP contribution is 2.32. The van der Waals surface area contributed by atoms with E-state index < -0.39 is 0 Å². The summed E-state index contributed by atoms with van der Waals surface area (Å²) in [7, 11) is 0. The summed E-state index contributed by atoms with van der Waals surface area (Å²) in [4.78, 5) is 26.2. The largest absolute Gasteiger partial charge is 0.455 e. The summed E-state index contributed by atoms with van der Waals surface area (Å²) in [6.45, 7) is 1.23. The van der Waals surface area contributed by atoms with Crippen LogP contribution in [0.3, 0.4) is 0 Å². The Morgan fingerprint density at radius 2 is 1.57 bits per heavy atom. The van der Waals surface area contributed by atoms with Gasteiger partial charge in [0.25, 0.3) is 0 Å². The fourth-order valence-electron chi connectivity index (χ4n) is 2.64. The van der Waals surface area contributed by atoms with E-state index in [2.05, 4.69) is 5.32 Å². The number of anilines is 2. The molecule has 3 aromatic rings. The highest BCUT2D eigenvalue weighted by Gasteiger charge is 2.20. The Balaban J connectivity index is 1.82. The lowest BCUT2D eigenvalue weighted by atomic mass is 10.2. The number of nitrogens with zero attached hydrogens (tertiary/aromatic N) is 1. The van der Waals surface area contributed by atoms with Gasteiger partial charge in [-0.3, -0.25) is 14.5 Å². The van der Waals surface area contributed by atoms with Gasteiger partial charge < -0.3 is 10.1 Å². The second-order valence-corrected chi connectivity index (χ2v) is 6.42. The van der Waals surface area contributed by atoms with Gasteiger partial charge >= 0.3 is 0 Å². The maximum Gasteiger partial charge on any atom is 0.244 e. The second kappa shape index (κ2) is 9.06. The zero-order chi connectivity index (χ0) is 19.9. The zero-order valence-corrected chi connectivity index (χ0v) is 16.0. The fraction of sp³-hybridized carbons (Fsp3) is 0.0909. The second-order valence-electron chi connectivity index (χ2n) is 6.02. The molecule has 0 radical (unpaired) electrons. The van der Waals surface area contributed by atoms with Crippen LogP contribution in [0.25, 0.3) is 0 Å². The predicted octanol–water partition coefficient (Wildman–Crippen LogP) is 5.12. The molecule has 0 saturated heterocycles. The van der Waals surface area contributed by atoms with E-state index in [1.807, 2.05) is 36.4 Å². The molecule has 0 atom stereocenters. The van der Waals surface area contributed by atoms with Gasteiger partial charge in [-0.05, 0) is 36.4 Å². The van der Waals surface area contributed by atoms with Crippen LogP contribution in [0.5, 0.6) is 11.5 Å². The van der Waals surface area contributed by atoms with Crippen LogP contribution in [-0.4, -0.2) is 18.4 Å². The summed E-state index contributed by atoms with van der Waals surface area (Å²) in [5, 5.41) is 3.16. The first-order valence-corrected chi connectivity index (χ1v) is 9.07. The average molecular weight is 395 g/mol. The highest BCUT2D eigenvalue weighted by molar-refractivity contribution is 6.33. The number of nitrogens with one attached hydrogen (secondary N) is 1. The molecule has 142 valence electrons. The number of ether oxygens (including phenoxy) is 1. The molecule has 6 heteroatoms. The van der Waals surface area contributed by atoms with E-state index in [0.717, 1.165) is 0 Å². The lowest BCUT2D eigenvalue weighted by molar-refractivity contribution is -0.120. The Kier molecular flexibility index (Phi) is 6.29. The molecular weight excluding hydrogens is 376 g/mol. The van der Waals surface area contributed by atoms with Crippen molar-refractivity contribution in [1.82, 2.24) is 0 Å². The minimum Gasteiger partial charge on any atom is -0.455 e. The quantitative estimate of drug-likeness (QED) is 0.631. The van der Waals surface area contributed by atoms with E-state index in [0.29, 0.717) is 27.9 Å². The van der Waals surface area contributed by atoms with Gasteiger partial charge in [0, 0.05) is 6.92 Å². The number of rotatable bonds is 6. The molecule has 3 aromatic carbocycles. The first-order valence-electron chi connectivity index (χ1n) is 8.69. The van der Waals surface area contributed by atoms with Gasteiger partial charge in [-0.15, -0.1) is 0 Å².